The molecule has 1 saturated carbocycles. The molecule has 1 fully saturated rings. The Morgan fingerprint density at radius 1 is 1.35 bits per heavy atom. The molecule has 20 heavy (non-hydrogen) atoms. The lowest BCUT2D eigenvalue weighted by atomic mass is 10.3. The maximum atomic E-state index is 11.8. The highest BCUT2D eigenvalue weighted by atomic mass is 16.5. The molecule has 0 bridgehead atoms. The molecule has 1 aromatic carbocycles. The number of nitrogens with one attached hydrogen (secondary N) is 1. The van der Waals surface area contributed by atoms with E-state index in [1.54, 1.807) is 18.2 Å². The molecule has 0 aliphatic heterocycles. The second-order valence-electron chi connectivity index (χ2n) is 4.90. The van der Waals surface area contributed by atoms with Crippen molar-refractivity contribution in [2.45, 2.75) is 20.3 Å². The molecule has 0 heterocycles. The molecule has 1 N–H and O–H groups in total. The van der Waals surface area contributed by atoms with Gasteiger partial charge in [-0.25, -0.2) is 0 Å². The van der Waals surface area contributed by atoms with Gasteiger partial charge in [-0.15, -0.1) is 0 Å². The van der Waals surface area contributed by atoms with Crippen LogP contribution in [0.1, 0.15) is 20.3 Å². The molecule has 2 unspecified atom stereocenters. The van der Waals surface area contributed by atoms with Crippen LogP contribution in [0.2, 0.25) is 0 Å². The van der Waals surface area contributed by atoms with Crippen LogP contribution in [-0.4, -0.2) is 25.1 Å². The van der Waals surface area contributed by atoms with E-state index in [1.807, 2.05) is 19.9 Å². The normalized spacial score (nSPS) is 20.1. The quantitative estimate of drug-likeness (QED) is 0.810. The van der Waals surface area contributed by atoms with Gasteiger partial charge >= 0.3 is 5.97 Å². The summed E-state index contributed by atoms with van der Waals surface area (Å²) in [5, 5.41) is 2.68. The number of ether oxygens (including phenoxy) is 2. The second-order valence-corrected chi connectivity index (χ2v) is 4.90. The molecule has 1 aliphatic rings. The van der Waals surface area contributed by atoms with Crippen LogP contribution < -0.4 is 10.1 Å². The number of anilines is 1. The van der Waals surface area contributed by atoms with Gasteiger partial charge in [0.1, 0.15) is 5.75 Å². The molecule has 108 valence electrons. The van der Waals surface area contributed by atoms with E-state index in [-0.39, 0.29) is 24.4 Å². The summed E-state index contributed by atoms with van der Waals surface area (Å²) in [6.07, 6.45) is 0.855. The molecule has 5 heteroatoms. The van der Waals surface area contributed by atoms with Crippen LogP contribution in [0.5, 0.6) is 5.75 Å². The van der Waals surface area contributed by atoms with Crippen molar-refractivity contribution in [3.05, 3.63) is 24.3 Å². The standard InChI is InChI=1S/C15H19NO4/c1-3-19-13-7-5-4-6-12(13)16-14(17)9-20-15(18)11-8-10(11)2/h4-7,10-11H,3,8-9H2,1-2H3,(H,16,17). The van der Waals surface area contributed by atoms with Gasteiger partial charge in [-0.05, 0) is 31.4 Å². The van der Waals surface area contributed by atoms with Gasteiger partial charge in [-0.2, -0.15) is 0 Å². The summed E-state index contributed by atoms with van der Waals surface area (Å²) in [7, 11) is 0. The predicted molar refractivity (Wildman–Crippen MR) is 74.5 cm³/mol. The number of rotatable bonds is 6. The molecule has 0 aromatic heterocycles. The molecule has 0 radical (unpaired) electrons. The van der Waals surface area contributed by atoms with Gasteiger partial charge in [0.2, 0.25) is 0 Å². The fraction of sp³-hybridized carbons (Fsp3) is 0.467. The fourth-order valence-corrected chi connectivity index (χ4v) is 1.93. The topological polar surface area (TPSA) is 64.6 Å². The van der Waals surface area contributed by atoms with E-state index in [9.17, 15) is 9.59 Å². The van der Waals surface area contributed by atoms with Crippen LogP contribution in [0, 0.1) is 11.8 Å². The highest BCUT2D eigenvalue weighted by Crippen LogP contribution is 2.38. The first kappa shape index (κ1) is 14.4. The summed E-state index contributed by atoms with van der Waals surface area (Å²) in [6, 6.07) is 7.15. The van der Waals surface area contributed by atoms with Crippen LogP contribution in [0.4, 0.5) is 5.69 Å². The molecular weight excluding hydrogens is 258 g/mol. The number of benzene rings is 1. The Labute approximate surface area is 118 Å². The summed E-state index contributed by atoms with van der Waals surface area (Å²) in [5.41, 5.74) is 0.579. The number of carbonyl (C=O) groups is 2. The van der Waals surface area contributed by atoms with Crippen molar-refractivity contribution >= 4 is 17.6 Å². The van der Waals surface area contributed by atoms with E-state index in [4.69, 9.17) is 9.47 Å². The number of para-hydroxylation sites is 2. The lowest BCUT2D eigenvalue weighted by Gasteiger charge is -2.11. The van der Waals surface area contributed by atoms with Crippen molar-refractivity contribution in [2.24, 2.45) is 11.8 Å². The molecule has 0 saturated heterocycles. The molecule has 1 amide bonds. The van der Waals surface area contributed by atoms with Crippen LogP contribution in [0.15, 0.2) is 24.3 Å². The number of esters is 1. The van der Waals surface area contributed by atoms with E-state index in [2.05, 4.69) is 5.32 Å². The van der Waals surface area contributed by atoms with Gasteiger partial charge in [-0.1, -0.05) is 19.1 Å². The van der Waals surface area contributed by atoms with Crippen LogP contribution >= 0.6 is 0 Å². The molecule has 2 atom stereocenters. The van der Waals surface area contributed by atoms with Crippen molar-refractivity contribution in [3.63, 3.8) is 0 Å². The maximum absolute atomic E-state index is 11.8. The van der Waals surface area contributed by atoms with Gasteiger partial charge in [0, 0.05) is 0 Å². The lowest BCUT2D eigenvalue weighted by molar-refractivity contribution is -0.148. The Hall–Kier alpha value is -2.04. The average Bonchev–Trinajstić information content (AvgIpc) is 3.16. The largest absolute Gasteiger partial charge is 0.492 e. The predicted octanol–water partition coefficient (Wildman–Crippen LogP) is 2.22. The first-order valence-corrected chi connectivity index (χ1v) is 6.80. The SMILES string of the molecule is CCOc1ccccc1NC(=O)COC(=O)C1CC1C. The van der Waals surface area contributed by atoms with Crippen molar-refractivity contribution in [3.8, 4) is 5.75 Å². The first-order chi connectivity index (χ1) is 9.61. The first-order valence-electron chi connectivity index (χ1n) is 6.80. The number of hydrogen-bond acceptors (Lipinski definition) is 4. The molecule has 2 rings (SSSR count). The molecule has 1 aliphatic carbocycles. The summed E-state index contributed by atoms with van der Waals surface area (Å²) >= 11 is 0. The number of carbonyl (C=O) groups excluding carboxylic acids is 2. The monoisotopic (exact) mass is 277 g/mol. The van der Waals surface area contributed by atoms with Crippen molar-refractivity contribution in [1.82, 2.24) is 0 Å². The van der Waals surface area contributed by atoms with Crippen molar-refractivity contribution in [2.75, 3.05) is 18.5 Å². The molecule has 5 nitrogen and oxygen atoms in total. The van der Waals surface area contributed by atoms with E-state index in [1.165, 1.54) is 0 Å². The highest BCUT2D eigenvalue weighted by molar-refractivity contribution is 5.94. The van der Waals surface area contributed by atoms with E-state index >= 15 is 0 Å². The lowest BCUT2D eigenvalue weighted by Crippen LogP contribution is -2.22. The molecular formula is C15H19NO4. The third kappa shape index (κ3) is 3.73. The van der Waals surface area contributed by atoms with Crippen LogP contribution in [-0.2, 0) is 14.3 Å². The van der Waals surface area contributed by atoms with Crippen LogP contribution in [0.25, 0.3) is 0 Å². The Kier molecular flexibility index (Phi) is 4.61. The summed E-state index contributed by atoms with van der Waals surface area (Å²) in [4.78, 5) is 23.3. The Morgan fingerprint density at radius 2 is 2.05 bits per heavy atom. The van der Waals surface area contributed by atoms with Crippen molar-refractivity contribution < 1.29 is 19.1 Å². The minimum Gasteiger partial charge on any atom is -0.492 e. The Morgan fingerprint density at radius 3 is 2.70 bits per heavy atom. The second kappa shape index (κ2) is 6.41. The zero-order chi connectivity index (χ0) is 14.5. The minimum atomic E-state index is -0.362. The minimum absolute atomic E-state index is 0.0292. The van der Waals surface area contributed by atoms with Gasteiger partial charge in [-0.3, -0.25) is 9.59 Å². The average molecular weight is 277 g/mol. The van der Waals surface area contributed by atoms with Gasteiger partial charge in [0.05, 0.1) is 18.2 Å². The Bertz CT molecular complexity index is 500. The summed E-state index contributed by atoms with van der Waals surface area (Å²) in [6.45, 7) is 4.12. The van der Waals surface area contributed by atoms with Crippen molar-refractivity contribution in [1.29, 1.82) is 0 Å². The van der Waals surface area contributed by atoms with E-state index < -0.39 is 0 Å². The smallest absolute Gasteiger partial charge is 0.309 e. The highest BCUT2D eigenvalue weighted by Gasteiger charge is 2.40. The number of amides is 1. The Balaban J connectivity index is 1.83. The maximum Gasteiger partial charge on any atom is 0.309 e. The van der Waals surface area contributed by atoms with Gasteiger partial charge in [0.25, 0.3) is 5.91 Å². The summed E-state index contributed by atoms with van der Waals surface area (Å²) in [5.74, 6) is 0.304. The molecule has 1 aromatic rings. The third-order valence-electron chi connectivity index (χ3n) is 3.22. The van der Waals surface area contributed by atoms with Crippen LogP contribution in [0.3, 0.4) is 0 Å². The zero-order valence-electron chi connectivity index (χ0n) is 11.7. The summed E-state index contributed by atoms with van der Waals surface area (Å²) < 4.78 is 10.4. The molecule has 0 spiro atoms. The van der Waals surface area contributed by atoms with E-state index in [0.717, 1.165) is 6.42 Å². The zero-order valence-corrected chi connectivity index (χ0v) is 11.7. The van der Waals surface area contributed by atoms with Gasteiger partial charge in [0.15, 0.2) is 6.61 Å². The third-order valence-corrected chi connectivity index (χ3v) is 3.22. The fourth-order valence-electron chi connectivity index (χ4n) is 1.93. The van der Waals surface area contributed by atoms with E-state index in [0.29, 0.717) is 24.0 Å². The number of hydrogen-bond donors (Lipinski definition) is 1. The van der Waals surface area contributed by atoms with Gasteiger partial charge < -0.3 is 14.8 Å².